The third-order valence-corrected chi connectivity index (χ3v) is 3.01. The fourth-order valence-corrected chi connectivity index (χ4v) is 1.88. The van der Waals surface area contributed by atoms with Crippen LogP contribution in [0, 0.1) is 6.92 Å². The molecule has 0 fully saturated rings. The van der Waals surface area contributed by atoms with Crippen LogP contribution in [-0.4, -0.2) is 34.4 Å². The van der Waals surface area contributed by atoms with E-state index in [1.807, 2.05) is 32.0 Å². The average Bonchev–Trinajstić information content (AvgIpc) is 2.37. The van der Waals surface area contributed by atoms with Crippen molar-refractivity contribution < 1.29 is 19.8 Å². The summed E-state index contributed by atoms with van der Waals surface area (Å²) in [4.78, 5) is 22.8. The SMILES string of the molecule is CCc1cccc(C)c1NC(=O)NC(C(=O)O)C(C)O. The number of nitrogens with one attached hydrogen (secondary N) is 2. The fraction of sp³-hybridized carbons (Fsp3) is 0.429. The highest BCUT2D eigenvalue weighted by atomic mass is 16.4. The summed E-state index contributed by atoms with van der Waals surface area (Å²) in [5.41, 5.74) is 2.52. The van der Waals surface area contributed by atoms with Crippen molar-refractivity contribution >= 4 is 17.7 Å². The predicted molar refractivity (Wildman–Crippen MR) is 75.8 cm³/mol. The van der Waals surface area contributed by atoms with Gasteiger partial charge in [0, 0.05) is 5.69 Å². The largest absolute Gasteiger partial charge is 0.480 e. The number of carbonyl (C=O) groups is 2. The number of aliphatic carboxylic acids is 1. The molecule has 0 spiro atoms. The highest BCUT2D eigenvalue weighted by Gasteiger charge is 2.25. The Balaban J connectivity index is 2.84. The Morgan fingerprint density at radius 1 is 1.35 bits per heavy atom. The van der Waals surface area contributed by atoms with E-state index in [1.165, 1.54) is 6.92 Å². The van der Waals surface area contributed by atoms with Crippen LogP contribution in [0.2, 0.25) is 0 Å². The Kier molecular flexibility index (Phi) is 5.52. The lowest BCUT2D eigenvalue weighted by molar-refractivity contribution is -0.141. The number of hydrogen-bond acceptors (Lipinski definition) is 3. The summed E-state index contributed by atoms with van der Waals surface area (Å²) in [6.07, 6.45) is -0.434. The zero-order chi connectivity index (χ0) is 15.3. The minimum Gasteiger partial charge on any atom is -0.480 e. The summed E-state index contributed by atoms with van der Waals surface area (Å²) in [6.45, 7) is 5.14. The summed E-state index contributed by atoms with van der Waals surface area (Å²) >= 11 is 0. The van der Waals surface area contributed by atoms with Crippen LogP contribution < -0.4 is 10.6 Å². The van der Waals surface area contributed by atoms with E-state index in [1.54, 1.807) is 0 Å². The van der Waals surface area contributed by atoms with E-state index in [4.69, 9.17) is 5.11 Å². The van der Waals surface area contributed by atoms with Crippen LogP contribution in [0.1, 0.15) is 25.0 Å². The van der Waals surface area contributed by atoms with Gasteiger partial charge in [-0.15, -0.1) is 0 Å². The first kappa shape index (κ1) is 16.0. The molecule has 6 nitrogen and oxygen atoms in total. The lowest BCUT2D eigenvalue weighted by atomic mass is 10.1. The molecule has 110 valence electrons. The summed E-state index contributed by atoms with van der Waals surface area (Å²) in [7, 11) is 0. The lowest BCUT2D eigenvalue weighted by Gasteiger charge is -2.19. The Morgan fingerprint density at radius 3 is 2.50 bits per heavy atom. The first-order valence-electron chi connectivity index (χ1n) is 6.43. The van der Waals surface area contributed by atoms with Gasteiger partial charge in [0.25, 0.3) is 0 Å². The van der Waals surface area contributed by atoms with E-state index in [0.717, 1.165) is 17.5 Å². The maximum atomic E-state index is 11.9. The van der Waals surface area contributed by atoms with Crippen LogP contribution in [0.5, 0.6) is 0 Å². The number of hydrogen-bond donors (Lipinski definition) is 4. The van der Waals surface area contributed by atoms with E-state index in [-0.39, 0.29) is 0 Å². The van der Waals surface area contributed by atoms with E-state index >= 15 is 0 Å². The number of urea groups is 1. The monoisotopic (exact) mass is 280 g/mol. The van der Waals surface area contributed by atoms with Crippen LogP contribution in [0.4, 0.5) is 10.5 Å². The van der Waals surface area contributed by atoms with Crippen LogP contribution in [0.3, 0.4) is 0 Å². The average molecular weight is 280 g/mol. The first-order chi connectivity index (χ1) is 9.36. The molecule has 1 aromatic rings. The third-order valence-electron chi connectivity index (χ3n) is 3.01. The first-order valence-corrected chi connectivity index (χ1v) is 6.43. The molecule has 6 heteroatoms. The van der Waals surface area contributed by atoms with Crippen LogP contribution in [0.25, 0.3) is 0 Å². The lowest BCUT2D eigenvalue weighted by Crippen LogP contribution is -2.49. The molecule has 2 unspecified atom stereocenters. The number of benzene rings is 1. The molecule has 0 saturated carbocycles. The van der Waals surface area contributed by atoms with Crippen molar-refractivity contribution in [3.63, 3.8) is 0 Å². The highest BCUT2D eigenvalue weighted by Crippen LogP contribution is 2.20. The number of para-hydroxylation sites is 1. The highest BCUT2D eigenvalue weighted by molar-refractivity contribution is 5.93. The summed E-state index contributed by atoms with van der Waals surface area (Å²) in [6, 6.07) is 3.66. The van der Waals surface area contributed by atoms with Gasteiger partial charge in [0.2, 0.25) is 0 Å². The van der Waals surface area contributed by atoms with Gasteiger partial charge in [-0.25, -0.2) is 9.59 Å². The molecule has 1 aromatic carbocycles. The third kappa shape index (κ3) is 3.96. The molecule has 1 rings (SSSR count). The smallest absolute Gasteiger partial charge is 0.328 e. The molecule has 0 radical (unpaired) electrons. The van der Waals surface area contributed by atoms with Gasteiger partial charge in [0.1, 0.15) is 0 Å². The van der Waals surface area contributed by atoms with Crippen molar-refractivity contribution in [2.45, 2.75) is 39.3 Å². The second kappa shape index (κ2) is 6.91. The molecule has 2 atom stereocenters. The van der Waals surface area contributed by atoms with Crippen molar-refractivity contribution in [2.75, 3.05) is 5.32 Å². The van der Waals surface area contributed by atoms with Gasteiger partial charge in [-0.2, -0.15) is 0 Å². The molecule has 4 N–H and O–H groups in total. The minimum absolute atomic E-state index is 0.651. The number of amides is 2. The number of anilines is 1. The fourth-order valence-electron chi connectivity index (χ4n) is 1.88. The molecule has 0 heterocycles. The maximum Gasteiger partial charge on any atom is 0.328 e. The molecule has 0 saturated heterocycles. The normalized spacial score (nSPS) is 13.4. The number of carboxylic acid groups (broad SMARTS) is 1. The summed E-state index contributed by atoms with van der Waals surface area (Å²) < 4.78 is 0. The Bertz CT molecular complexity index is 500. The topological polar surface area (TPSA) is 98.7 Å². The zero-order valence-electron chi connectivity index (χ0n) is 11.8. The number of aliphatic hydroxyl groups excluding tert-OH is 1. The van der Waals surface area contributed by atoms with Crippen molar-refractivity contribution in [2.24, 2.45) is 0 Å². The Labute approximate surface area is 117 Å². The number of carbonyl (C=O) groups excluding carboxylic acids is 1. The van der Waals surface area contributed by atoms with Gasteiger partial charge in [-0.1, -0.05) is 25.1 Å². The second-order valence-corrected chi connectivity index (χ2v) is 4.62. The summed E-state index contributed by atoms with van der Waals surface area (Å²) in [5.74, 6) is -1.28. The molecular weight excluding hydrogens is 260 g/mol. The molecule has 2 amide bonds. The second-order valence-electron chi connectivity index (χ2n) is 4.62. The number of aryl methyl sites for hydroxylation is 2. The van der Waals surface area contributed by atoms with Crippen molar-refractivity contribution in [3.8, 4) is 0 Å². The molecule has 0 bridgehead atoms. The number of rotatable bonds is 5. The van der Waals surface area contributed by atoms with E-state index in [0.29, 0.717) is 5.69 Å². The van der Waals surface area contributed by atoms with E-state index in [2.05, 4.69) is 10.6 Å². The van der Waals surface area contributed by atoms with Gasteiger partial charge in [-0.05, 0) is 31.4 Å². The standard InChI is InChI=1S/C14H20N2O4/c1-4-10-7-5-6-8(2)11(10)15-14(20)16-12(9(3)17)13(18)19/h5-7,9,12,17H,4H2,1-3H3,(H,18,19)(H2,15,16,20). The van der Waals surface area contributed by atoms with Crippen LogP contribution in [-0.2, 0) is 11.2 Å². The summed E-state index contributed by atoms with van der Waals surface area (Å²) in [5, 5.41) is 23.1. The molecule has 0 aliphatic rings. The molecule has 0 aliphatic heterocycles. The molecule has 0 aromatic heterocycles. The maximum absolute atomic E-state index is 11.9. The number of aliphatic hydroxyl groups is 1. The van der Waals surface area contributed by atoms with Gasteiger partial charge < -0.3 is 20.8 Å². The zero-order valence-corrected chi connectivity index (χ0v) is 11.8. The predicted octanol–water partition coefficient (Wildman–Crippen LogP) is 1.51. The Hall–Kier alpha value is -2.08. The van der Waals surface area contributed by atoms with Gasteiger partial charge in [-0.3, -0.25) is 0 Å². The van der Waals surface area contributed by atoms with E-state index < -0.39 is 24.1 Å². The number of carboxylic acids is 1. The molecule has 20 heavy (non-hydrogen) atoms. The minimum atomic E-state index is -1.34. The Morgan fingerprint density at radius 2 is 2.00 bits per heavy atom. The van der Waals surface area contributed by atoms with Crippen LogP contribution >= 0.6 is 0 Å². The molecular formula is C14H20N2O4. The quantitative estimate of drug-likeness (QED) is 0.657. The van der Waals surface area contributed by atoms with Crippen molar-refractivity contribution in [1.29, 1.82) is 0 Å². The van der Waals surface area contributed by atoms with Gasteiger partial charge in [0.15, 0.2) is 6.04 Å². The van der Waals surface area contributed by atoms with E-state index in [9.17, 15) is 14.7 Å². The van der Waals surface area contributed by atoms with Gasteiger partial charge in [0.05, 0.1) is 6.10 Å². The van der Waals surface area contributed by atoms with Crippen LogP contribution in [0.15, 0.2) is 18.2 Å². The molecule has 0 aliphatic carbocycles. The van der Waals surface area contributed by atoms with Crippen molar-refractivity contribution in [3.05, 3.63) is 29.3 Å². The van der Waals surface area contributed by atoms with Gasteiger partial charge >= 0.3 is 12.0 Å². The van der Waals surface area contributed by atoms with Crippen molar-refractivity contribution in [1.82, 2.24) is 5.32 Å².